The van der Waals surface area contributed by atoms with Gasteiger partial charge in [-0.3, -0.25) is 0 Å². The van der Waals surface area contributed by atoms with Crippen LogP contribution in [0.15, 0.2) is 30.3 Å². The molecule has 3 N–H and O–H groups in total. The summed E-state index contributed by atoms with van der Waals surface area (Å²) in [5.74, 6) is 14.8. The molecule has 0 amide bonds. The molecule has 1 aromatic rings. The van der Waals surface area contributed by atoms with Crippen molar-refractivity contribution >= 4 is 0 Å². The van der Waals surface area contributed by atoms with Gasteiger partial charge in [-0.15, -0.1) is 0 Å². The second-order valence-electron chi connectivity index (χ2n) is 28.5. The van der Waals surface area contributed by atoms with Gasteiger partial charge in [0, 0.05) is 13.2 Å². The molecule has 1 aromatic carbocycles. The molecule has 0 aromatic heterocycles. The van der Waals surface area contributed by atoms with Gasteiger partial charge >= 0.3 is 0 Å². The lowest BCUT2D eigenvalue weighted by molar-refractivity contribution is -0.0154. The van der Waals surface area contributed by atoms with Gasteiger partial charge in [0.2, 0.25) is 0 Å². The van der Waals surface area contributed by atoms with Gasteiger partial charge in [-0.1, -0.05) is 296 Å². The molecule has 77 heavy (non-hydrogen) atoms. The van der Waals surface area contributed by atoms with E-state index in [1.807, 2.05) is 13.0 Å². The predicted octanol–water partition coefficient (Wildman–Crippen LogP) is 21.7. The smallest absolute Gasteiger partial charge is 0.0720 e. The standard InChI is InChI=1S/C14H20O.C9H18.C8H16O.3C8H16.C7H14O.C6H14O.C5H10/c1-12-7-5-6-10-14(12)15-11-13-8-3-2-4-9-13;1-7-5-4-6-8(2)9(7)3;1-7-4-2-3-5-8(7)6-9;1-6-4-5-7(2)8(6)3;2*1-7-5-3-4-6-8(7)2;1-6-4-2-3-5-7(6)8;1-5(2)6(3)4-7;1-2-5-3-4-5/h2-4,8-9,12,14H,5-7,10-11H2,1H3;7-9H,4-6H2,1-3H3;7-9H,2-6H2,1H3;6-8H,4-5H2,1-3H3;2*7-8H,3-6H2,1-2H3;6-8H,2-5H2,1H3;5-7H,4H2,1-3H3;5H,2-4H2,1H3/t12?,14-;7-,8+,9?;7?,8-;6-,7?,8?;7-,8?;;6-,7-;;/m1.011.1../s1. The van der Waals surface area contributed by atoms with Gasteiger partial charge in [-0.25, -0.2) is 0 Å². The second kappa shape index (κ2) is 44.6. The average molecular weight is 1080 g/mol. The predicted molar refractivity (Wildman–Crippen MR) is 340 cm³/mol. The van der Waals surface area contributed by atoms with Crippen molar-refractivity contribution in [3.8, 4) is 0 Å². The zero-order chi connectivity index (χ0) is 57.7. The molecule has 0 spiro atoms. The molecule has 17 atom stereocenters. The monoisotopic (exact) mass is 1080 g/mol. The fourth-order valence-electron chi connectivity index (χ4n) is 12.5. The van der Waals surface area contributed by atoms with Crippen LogP contribution in [0, 0.1) is 101 Å². The van der Waals surface area contributed by atoms with Crippen molar-refractivity contribution in [3.63, 3.8) is 0 Å². The van der Waals surface area contributed by atoms with Crippen LogP contribution in [0.1, 0.15) is 303 Å². The van der Waals surface area contributed by atoms with Gasteiger partial charge < -0.3 is 20.1 Å². The molecule has 8 saturated carbocycles. The lowest BCUT2D eigenvalue weighted by Crippen LogP contribution is -2.25. The molecule has 4 nitrogen and oxygen atoms in total. The lowest BCUT2D eigenvalue weighted by atomic mass is 9.75. The number of hydrogen-bond donors (Lipinski definition) is 3. The van der Waals surface area contributed by atoms with E-state index < -0.39 is 0 Å². The first-order valence-corrected chi connectivity index (χ1v) is 34.2. The fraction of sp³-hybridized carbons (Fsp3) is 0.918. The summed E-state index contributed by atoms with van der Waals surface area (Å²) < 4.78 is 5.98. The summed E-state index contributed by atoms with van der Waals surface area (Å²) in [6.45, 7) is 40.5. The molecule has 4 heteroatoms. The number of rotatable bonds is 7. The maximum absolute atomic E-state index is 9.18. The minimum atomic E-state index is 0.00347. The first-order valence-electron chi connectivity index (χ1n) is 34.2. The lowest BCUT2D eigenvalue weighted by Gasteiger charge is -2.31. The highest BCUT2D eigenvalue weighted by atomic mass is 16.5. The minimum Gasteiger partial charge on any atom is -0.396 e. The molecule has 0 radical (unpaired) electrons. The molecule has 0 aliphatic heterocycles. The number of ether oxygens (including phenoxy) is 1. The van der Waals surface area contributed by atoms with E-state index in [2.05, 4.69) is 135 Å². The molecule has 0 saturated heterocycles. The van der Waals surface area contributed by atoms with E-state index in [1.54, 1.807) is 0 Å². The maximum atomic E-state index is 9.18. The largest absolute Gasteiger partial charge is 0.396 e. The Balaban J connectivity index is 0.000000440. The Labute approximate surface area is 483 Å². The first-order chi connectivity index (χ1) is 36.7. The molecule has 0 heterocycles. The van der Waals surface area contributed by atoms with Crippen molar-refractivity contribution in [1.29, 1.82) is 0 Å². The normalized spacial score (nSPS) is 34.9. The summed E-state index contributed by atoms with van der Waals surface area (Å²) in [5, 5.41) is 26.5. The molecule has 8 aliphatic carbocycles. The van der Waals surface area contributed by atoms with E-state index in [4.69, 9.17) is 14.9 Å². The molecule has 456 valence electrons. The first kappa shape index (κ1) is 74.1. The number of benzene rings is 1. The fourth-order valence-corrected chi connectivity index (χ4v) is 12.5. The molecule has 9 rings (SSSR count). The molecular weight excluding hydrogens is 941 g/mol. The Hall–Kier alpha value is -0.940. The van der Waals surface area contributed by atoms with E-state index in [1.165, 1.54) is 179 Å². The topological polar surface area (TPSA) is 69.9 Å². The third-order valence-electron chi connectivity index (χ3n) is 21.7. The zero-order valence-corrected chi connectivity index (χ0v) is 55.0. The van der Waals surface area contributed by atoms with Crippen LogP contribution in [0.3, 0.4) is 0 Å². The zero-order valence-electron chi connectivity index (χ0n) is 55.0. The summed E-state index contributed by atoms with van der Waals surface area (Å²) >= 11 is 0. The molecule has 8 aliphatic rings. The summed E-state index contributed by atoms with van der Waals surface area (Å²) in [4.78, 5) is 0. The Bertz CT molecular complexity index is 1330. The highest BCUT2D eigenvalue weighted by molar-refractivity contribution is 5.13. The van der Waals surface area contributed by atoms with Crippen LogP contribution in [0.25, 0.3) is 0 Å². The Kier molecular flexibility index (Phi) is 42.9. The summed E-state index contributed by atoms with van der Waals surface area (Å²) in [7, 11) is 0. The quantitative estimate of drug-likeness (QED) is 0.254. The van der Waals surface area contributed by atoms with Gasteiger partial charge in [-0.05, 0) is 138 Å². The molecular formula is C73H140O4. The Morgan fingerprint density at radius 2 is 0.792 bits per heavy atom. The highest BCUT2D eigenvalue weighted by Crippen LogP contribution is 2.36. The minimum absolute atomic E-state index is 0.00347. The van der Waals surface area contributed by atoms with Crippen molar-refractivity contribution in [2.45, 2.75) is 316 Å². The van der Waals surface area contributed by atoms with Crippen molar-refractivity contribution in [3.05, 3.63) is 35.9 Å². The average Bonchev–Trinajstić information content (AvgIpc) is 4.24. The summed E-state index contributed by atoms with van der Waals surface area (Å²) in [6, 6.07) is 10.5. The summed E-state index contributed by atoms with van der Waals surface area (Å²) in [6.07, 6.45) is 39.4. The van der Waals surface area contributed by atoms with Crippen molar-refractivity contribution in [1.82, 2.24) is 0 Å². The van der Waals surface area contributed by atoms with Crippen LogP contribution in [-0.4, -0.2) is 40.7 Å². The van der Waals surface area contributed by atoms with Gasteiger partial charge in [0.15, 0.2) is 0 Å². The number of aliphatic hydroxyl groups excluding tert-OH is 3. The van der Waals surface area contributed by atoms with Crippen molar-refractivity contribution in [2.75, 3.05) is 13.2 Å². The summed E-state index contributed by atoms with van der Waals surface area (Å²) in [5.41, 5.74) is 1.29. The van der Waals surface area contributed by atoms with Gasteiger partial charge in [0.05, 0.1) is 18.8 Å². The second-order valence-corrected chi connectivity index (χ2v) is 28.5. The van der Waals surface area contributed by atoms with Gasteiger partial charge in [-0.2, -0.15) is 0 Å². The molecule has 8 fully saturated rings. The third-order valence-corrected chi connectivity index (χ3v) is 21.7. The van der Waals surface area contributed by atoms with Crippen molar-refractivity contribution in [2.24, 2.45) is 101 Å². The molecule has 9 unspecified atom stereocenters. The number of aliphatic hydroxyl groups is 3. The van der Waals surface area contributed by atoms with E-state index >= 15 is 0 Å². The van der Waals surface area contributed by atoms with Gasteiger partial charge in [0.25, 0.3) is 0 Å². The van der Waals surface area contributed by atoms with Crippen LogP contribution in [0.5, 0.6) is 0 Å². The van der Waals surface area contributed by atoms with Gasteiger partial charge in [0.1, 0.15) is 0 Å². The van der Waals surface area contributed by atoms with Crippen LogP contribution in [0.4, 0.5) is 0 Å². The van der Waals surface area contributed by atoms with E-state index in [-0.39, 0.29) is 6.10 Å². The number of hydrogen-bond acceptors (Lipinski definition) is 4. The van der Waals surface area contributed by atoms with E-state index in [0.29, 0.717) is 43.0 Å². The van der Waals surface area contributed by atoms with Crippen LogP contribution in [-0.2, 0) is 11.3 Å². The maximum Gasteiger partial charge on any atom is 0.0720 e. The Morgan fingerprint density at radius 3 is 1.06 bits per heavy atom. The highest BCUT2D eigenvalue weighted by Gasteiger charge is 2.26. The van der Waals surface area contributed by atoms with Crippen LogP contribution in [0.2, 0.25) is 0 Å². The molecule has 0 bridgehead atoms. The third kappa shape index (κ3) is 35.0. The van der Waals surface area contributed by atoms with E-state index in [9.17, 15) is 5.11 Å². The Morgan fingerprint density at radius 1 is 0.416 bits per heavy atom. The van der Waals surface area contributed by atoms with E-state index in [0.717, 1.165) is 90.0 Å². The van der Waals surface area contributed by atoms with Crippen LogP contribution >= 0.6 is 0 Å². The SMILES string of the molecule is CC(C)C(C)CO.CC1CCCCC1C.CC1CCCC[C@H]1C.CC1CCCC[C@H]1CO.CC1CCCC[C@H]1OCc1ccccc1.CC1CC[C@@H](C)C1C.CC1[C@H](C)CCC[C@@H]1C.CCC1CC1.C[C@@H]1CCCC[C@H]1O. The van der Waals surface area contributed by atoms with Crippen LogP contribution < -0.4 is 0 Å². The van der Waals surface area contributed by atoms with Crippen molar-refractivity contribution < 1.29 is 20.1 Å².